The van der Waals surface area contributed by atoms with Gasteiger partial charge in [-0.1, -0.05) is 0 Å². The lowest BCUT2D eigenvalue weighted by Crippen LogP contribution is -2.44. The van der Waals surface area contributed by atoms with Crippen molar-refractivity contribution in [2.45, 2.75) is 32.2 Å². The lowest BCUT2D eigenvalue weighted by atomic mass is 10.1. The predicted octanol–water partition coefficient (Wildman–Crippen LogP) is 0.871. The average molecular weight is 199 g/mol. The third-order valence-corrected chi connectivity index (χ3v) is 2.92. The van der Waals surface area contributed by atoms with Crippen LogP contribution >= 0.6 is 0 Å². The number of amides is 2. The number of hydrogen-bond donors (Lipinski definition) is 1. The molecule has 1 unspecified atom stereocenters. The highest BCUT2D eigenvalue weighted by atomic mass is 16.2. The molecule has 4 heteroatoms. The first kappa shape index (κ1) is 11.3. The summed E-state index contributed by atoms with van der Waals surface area (Å²) >= 11 is 0. The molecule has 0 aromatic heterocycles. The number of nitrogens with zero attached hydrogens (tertiary/aromatic N) is 2. The van der Waals surface area contributed by atoms with Gasteiger partial charge in [0.1, 0.15) is 0 Å². The minimum atomic E-state index is 0.156. The molecule has 1 aliphatic heterocycles. The summed E-state index contributed by atoms with van der Waals surface area (Å²) in [5.74, 6) is 0. The largest absolute Gasteiger partial charge is 0.330 e. The van der Waals surface area contributed by atoms with Crippen molar-refractivity contribution in [3.63, 3.8) is 0 Å². The summed E-state index contributed by atoms with van der Waals surface area (Å²) in [6, 6.07) is 0.532. The van der Waals surface area contributed by atoms with Crippen molar-refractivity contribution < 1.29 is 4.79 Å². The number of carbonyl (C=O) groups is 1. The van der Waals surface area contributed by atoms with Crippen LogP contribution in [0.5, 0.6) is 0 Å². The Kier molecular flexibility index (Phi) is 4.20. The topological polar surface area (TPSA) is 49.6 Å². The van der Waals surface area contributed by atoms with Crippen molar-refractivity contribution in [2.75, 3.05) is 26.7 Å². The second kappa shape index (κ2) is 5.20. The van der Waals surface area contributed by atoms with Gasteiger partial charge >= 0.3 is 6.03 Å². The second-order valence-electron chi connectivity index (χ2n) is 3.86. The third-order valence-electron chi connectivity index (χ3n) is 2.92. The molecule has 1 rings (SSSR count). The fourth-order valence-corrected chi connectivity index (χ4v) is 1.93. The zero-order valence-electron chi connectivity index (χ0n) is 9.20. The van der Waals surface area contributed by atoms with Gasteiger partial charge in [0.2, 0.25) is 0 Å². The Morgan fingerprint density at radius 1 is 1.64 bits per heavy atom. The molecule has 0 radical (unpaired) electrons. The molecular formula is C10H21N3O. The van der Waals surface area contributed by atoms with Crippen molar-refractivity contribution in [1.82, 2.24) is 9.80 Å². The van der Waals surface area contributed by atoms with E-state index < -0.39 is 0 Å². The first-order valence-corrected chi connectivity index (χ1v) is 5.42. The van der Waals surface area contributed by atoms with E-state index in [0.717, 1.165) is 32.4 Å². The summed E-state index contributed by atoms with van der Waals surface area (Å²) in [7, 11) is 1.85. The lowest BCUT2D eigenvalue weighted by molar-refractivity contribution is 0.158. The first-order chi connectivity index (χ1) is 6.70. The summed E-state index contributed by atoms with van der Waals surface area (Å²) in [5.41, 5.74) is 5.53. The minimum absolute atomic E-state index is 0.156. The number of urea groups is 1. The fraction of sp³-hybridized carbons (Fsp3) is 0.900. The molecule has 1 heterocycles. The number of nitrogens with two attached hydrogens (primary N) is 1. The third kappa shape index (κ3) is 2.38. The summed E-state index contributed by atoms with van der Waals surface area (Å²) in [6.07, 6.45) is 3.16. The summed E-state index contributed by atoms with van der Waals surface area (Å²) < 4.78 is 0. The van der Waals surface area contributed by atoms with Crippen LogP contribution in [0, 0.1) is 0 Å². The fourth-order valence-electron chi connectivity index (χ4n) is 1.93. The Labute approximate surface area is 86.0 Å². The second-order valence-corrected chi connectivity index (χ2v) is 3.86. The number of likely N-dealkylation sites (tertiary alicyclic amines) is 1. The summed E-state index contributed by atoms with van der Waals surface area (Å²) in [5, 5.41) is 0. The van der Waals surface area contributed by atoms with Gasteiger partial charge in [-0.25, -0.2) is 4.79 Å². The summed E-state index contributed by atoms with van der Waals surface area (Å²) in [4.78, 5) is 15.6. The van der Waals surface area contributed by atoms with Crippen LogP contribution in [0.15, 0.2) is 0 Å². The molecule has 2 amide bonds. The van der Waals surface area contributed by atoms with Crippen LogP contribution in [0.2, 0.25) is 0 Å². The molecule has 0 aromatic carbocycles. The van der Waals surface area contributed by atoms with Crippen LogP contribution < -0.4 is 5.73 Å². The Morgan fingerprint density at radius 3 is 2.93 bits per heavy atom. The Morgan fingerprint density at radius 2 is 2.36 bits per heavy atom. The quantitative estimate of drug-likeness (QED) is 0.733. The monoisotopic (exact) mass is 199 g/mol. The van der Waals surface area contributed by atoms with E-state index in [1.54, 1.807) is 4.90 Å². The molecule has 0 aromatic rings. The van der Waals surface area contributed by atoms with Gasteiger partial charge in [-0.15, -0.1) is 0 Å². The molecule has 1 atom stereocenters. The lowest BCUT2D eigenvalue weighted by Gasteiger charge is -2.28. The highest BCUT2D eigenvalue weighted by Gasteiger charge is 2.29. The van der Waals surface area contributed by atoms with Crippen molar-refractivity contribution in [2.24, 2.45) is 5.73 Å². The van der Waals surface area contributed by atoms with Crippen molar-refractivity contribution in [3.8, 4) is 0 Å². The minimum Gasteiger partial charge on any atom is -0.330 e. The molecular weight excluding hydrogens is 178 g/mol. The molecule has 1 aliphatic rings. The van der Waals surface area contributed by atoms with Crippen LogP contribution in [-0.4, -0.2) is 48.6 Å². The molecule has 1 saturated heterocycles. The van der Waals surface area contributed by atoms with E-state index in [0.29, 0.717) is 12.6 Å². The Hall–Kier alpha value is -0.770. The van der Waals surface area contributed by atoms with Crippen LogP contribution in [-0.2, 0) is 0 Å². The van der Waals surface area contributed by atoms with E-state index in [9.17, 15) is 4.79 Å². The predicted molar refractivity (Wildman–Crippen MR) is 57.1 cm³/mol. The van der Waals surface area contributed by atoms with Crippen molar-refractivity contribution >= 4 is 6.03 Å². The van der Waals surface area contributed by atoms with E-state index >= 15 is 0 Å². The highest BCUT2D eigenvalue weighted by molar-refractivity contribution is 5.74. The highest BCUT2D eigenvalue weighted by Crippen LogP contribution is 2.20. The van der Waals surface area contributed by atoms with Gasteiger partial charge in [-0.3, -0.25) is 0 Å². The van der Waals surface area contributed by atoms with Gasteiger partial charge < -0.3 is 15.5 Å². The molecule has 0 bridgehead atoms. The Bertz CT molecular complexity index is 196. The molecule has 82 valence electrons. The van der Waals surface area contributed by atoms with Gasteiger partial charge in [0.05, 0.1) is 0 Å². The van der Waals surface area contributed by atoms with E-state index in [1.165, 1.54) is 0 Å². The maximum Gasteiger partial charge on any atom is 0.319 e. The molecule has 0 aliphatic carbocycles. The van der Waals surface area contributed by atoms with Gasteiger partial charge in [-0.05, 0) is 32.7 Å². The van der Waals surface area contributed by atoms with Crippen LogP contribution in [0.1, 0.15) is 26.2 Å². The molecule has 4 nitrogen and oxygen atoms in total. The van der Waals surface area contributed by atoms with E-state index in [4.69, 9.17) is 5.73 Å². The molecule has 2 N–H and O–H groups in total. The van der Waals surface area contributed by atoms with Crippen LogP contribution in [0.25, 0.3) is 0 Å². The van der Waals surface area contributed by atoms with Gasteiger partial charge in [0.15, 0.2) is 0 Å². The van der Waals surface area contributed by atoms with Gasteiger partial charge in [-0.2, -0.15) is 0 Å². The number of rotatable bonds is 3. The first-order valence-electron chi connectivity index (χ1n) is 5.42. The normalized spacial score (nSPS) is 21.4. The van der Waals surface area contributed by atoms with E-state index in [-0.39, 0.29) is 6.03 Å². The van der Waals surface area contributed by atoms with Gasteiger partial charge in [0.25, 0.3) is 0 Å². The summed E-state index contributed by atoms with van der Waals surface area (Å²) in [6.45, 7) is 4.33. The molecule has 0 saturated carbocycles. The maximum atomic E-state index is 11.9. The van der Waals surface area contributed by atoms with Crippen molar-refractivity contribution in [3.05, 3.63) is 0 Å². The SMILES string of the molecule is CCN(C)C(=O)N1CCCC1CCN. The van der Waals surface area contributed by atoms with Crippen LogP contribution in [0.4, 0.5) is 4.79 Å². The maximum absolute atomic E-state index is 11.9. The Balaban J connectivity index is 2.53. The smallest absolute Gasteiger partial charge is 0.319 e. The van der Waals surface area contributed by atoms with E-state index in [1.807, 2.05) is 18.9 Å². The average Bonchev–Trinajstić information content (AvgIpc) is 2.64. The zero-order chi connectivity index (χ0) is 10.6. The van der Waals surface area contributed by atoms with Crippen LogP contribution in [0.3, 0.4) is 0 Å². The standard InChI is InChI=1S/C10H21N3O/c1-3-12(2)10(14)13-8-4-5-9(13)6-7-11/h9H,3-8,11H2,1-2H3. The number of hydrogen-bond acceptors (Lipinski definition) is 2. The molecule has 1 fully saturated rings. The van der Waals surface area contributed by atoms with Gasteiger partial charge in [0, 0.05) is 26.2 Å². The van der Waals surface area contributed by atoms with E-state index in [2.05, 4.69) is 0 Å². The molecule has 14 heavy (non-hydrogen) atoms. The zero-order valence-corrected chi connectivity index (χ0v) is 9.20. The van der Waals surface area contributed by atoms with Crippen molar-refractivity contribution in [1.29, 1.82) is 0 Å². The molecule has 0 spiro atoms. The number of carbonyl (C=O) groups excluding carboxylic acids is 1.